The van der Waals surface area contributed by atoms with Crippen molar-refractivity contribution in [2.45, 2.75) is 62.2 Å². The Morgan fingerprint density at radius 2 is 1.90 bits per heavy atom. The molecule has 21 heavy (non-hydrogen) atoms. The zero-order valence-corrected chi connectivity index (χ0v) is 14.1. The molecule has 0 radical (unpaired) electrons. The molecule has 1 aliphatic rings. The number of hydrogen-bond donors (Lipinski definition) is 0. The molecule has 1 heterocycles. The highest BCUT2D eigenvalue weighted by Gasteiger charge is 2.21. The summed E-state index contributed by atoms with van der Waals surface area (Å²) in [5.41, 5.74) is 5.95. The van der Waals surface area contributed by atoms with E-state index in [1.54, 1.807) is 11.1 Å². The molecule has 0 amide bonds. The summed E-state index contributed by atoms with van der Waals surface area (Å²) in [4.78, 5) is 2.92. The van der Waals surface area contributed by atoms with Gasteiger partial charge >= 0.3 is 0 Å². The summed E-state index contributed by atoms with van der Waals surface area (Å²) in [6.07, 6.45) is 4.82. The molecule has 0 spiro atoms. The maximum absolute atomic E-state index is 2.45. The molecular weight excluding hydrogens is 272 g/mol. The zero-order chi connectivity index (χ0) is 14.8. The first-order valence-corrected chi connectivity index (χ1v) is 8.93. The first-order chi connectivity index (χ1) is 10.2. The molecule has 110 valence electrons. The van der Waals surface area contributed by atoms with Crippen molar-refractivity contribution < 1.29 is 0 Å². The Morgan fingerprint density at radius 3 is 2.67 bits per heavy atom. The van der Waals surface area contributed by atoms with Gasteiger partial charge in [0, 0.05) is 9.79 Å². The molecule has 1 atom stereocenters. The molecule has 0 aliphatic carbocycles. The van der Waals surface area contributed by atoms with Gasteiger partial charge in [-0.25, -0.2) is 0 Å². The molecule has 2 aromatic rings. The Balaban J connectivity index is 2.05. The highest BCUT2D eigenvalue weighted by Crippen LogP contribution is 2.43. The van der Waals surface area contributed by atoms with Crippen molar-refractivity contribution in [1.82, 2.24) is 0 Å². The van der Waals surface area contributed by atoms with Crippen LogP contribution in [0.25, 0.3) is 0 Å². The van der Waals surface area contributed by atoms with Crippen LogP contribution in [0.4, 0.5) is 0 Å². The highest BCUT2D eigenvalue weighted by atomic mass is 32.2. The van der Waals surface area contributed by atoms with Gasteiger partial charge in [0.05, 0.1) is 0 Å². The van der Waals surface area contributed by atoms with E-state index in [-0.39, 0.29) is 0 Å². The summed E-state index contributed by atoms with van der Waals surface area (Å²) in [6, 6.07) is 14.1. The van der Waals surface area contributed by atoms with Crippen molar-refractivity contribution in [1.29, 1.82) is 0 Å². The van der Waals surface area contributed by atoms with Crippen molar-refractivity contribution >= 4 is 11.8 Å². The van der Waals surface area contributed by atoms with E-state index in [4.69, 9.17) is 0 Å². The molecule has 0 fully saturated rings. The Kier molecular flexibility index (Phi) is 4.40. The smallest absolute Gasteiger partial charge is 0.0160 e. The monoisotopic (exact) mass is 296 g/mol. The number of aryl methyl sites for hydroxylation is 2. The number of fused-ring (bicyclic) bond motifs is 2. The van der Waals surface area contributed by atoms with Gasteiger partial charge in [0.1, 0.15) is 0 Å². The first-order valence-electron chi connectivity index (χ1n) is 8.11. The van der Waals surface area contributed by atoms with E-state index < -0.39 is 0 Å². The predicted octanol–water partition coefficient (Wildman–Crippen LogP) is 6.15. The Labute approximate surface area is 133 Å². The van der Waals surface area contributed by atoms with Crippen LogP contribution in [0, 0.1) is 6.92 Å². The minimum absolute atomic E-state index is 0.659. The fraction of sp³-hybridized carbons (Fsp3) is 0.400. The molecule has 0 nitrogen and oxygen atoms in total. The summed E-state index contributed by atoms with van der Waals surface area (Å²) < 4.78 is 0. The number of rotatable bonds is 3. The fourth-order valence-electron chi connectivity index (χ4n) is 3.26. The largest absolute Gasteiger partial charge is 0.0895 e. The lowest BCUT2D eigenvalue weighted by Gasteiger charge is -2.16. The van der Waals surface area contributed by atoms with Crippen LogP contribution in [-0.4, -0.2) is 0 Å². The standard InChI is InChI=1S/C20H24S/c1-4-6-15-8-10-19-17(12-15)13-16(5-2)18-9-7-14(3)11-20(18)21-19/h7-12,16H,4-6,13H2,1-3H3. The van der Waals surface area contributed by atoms with E-state index in [0.717, 1.165) is 0 Å². The van der Waals surface area contributed by atoms with E-state index in [1.807, 2.05) is 11.8 Å². The van der Waals surface area contributed by atoms with Crippen LogP contribution >= 0.6 is 11.8 Å². The second-order valence-electron chi connectivity index (χ2n) is 6.14. The third-order valence-electron chi connectivity index (χ3n) is 4.45. The van der Waals surface area contributed by atoms with Gasteiger partial charge in [0.15, 0.2) is 0 Å². The van der Waals surface area contributed by atoms with Crippen molar-refractivity contribution in [2.24, 2.45) is 0 Å². The minimum Gasteiger partial charge on any atom is -0.0895 e. The average Bonchev–Trinajstić information content (AvgIpc) is 2.63. The van der Waals surface area contributed by atoms with Crippen LogP contribution < -0.4 is 0 Å². The summed E-state index contributed by atoms with van der Waals surface area (Å²) >= 11 is 1.96. The maximum atomic E-state index is 2.45. The van der Waals surface area contributed by atoms with Crippen LogP contribution in [0.15, 0.2) is 46.2 Å². The second kappa shape index (κ2) is 6.27. The van der Waals surface area contributed by atoms with Gasteiger partial charge in [-0.3, -0.25) is 0 Å². The lowest BCUT2D eigenvalue weighted by Crippen LogP contribution is -2.02. The quantitative estimate of drug-likeness (QED) is 0.654. The van der Waals surface area contributed by atoms with Crippen molar-refractivity contribution in [3.8, 4) is 0 Å². The topological polar surface area (TPSA) is 0 Å². The fourth-order valence-corrected chi connectivity index (χ4v) is 4.51. The van der Waals surface area contributed by atoms with E-state index in [0.29, 0.717) is 5.92 Å². The van der Waals surface area contributed by atoms with E-state index >= 15 is 0 Å². The highest BCUT2D eigenvalue weighted by molar-refractivity contribution is 7.99. The van der Waals surface area contributed by atoms with Gasteiger partial charge in [-0.2, -0.15) is 0 Å². The van der Waals surface area contributed by atoms with Gasteiger partial charge in [0.2, 0.25) is 0 Å². The zero-order valence-electron chi connectivity index (χ0n) is 13.3. The summed E-state index contributed by atoms with van der Waals surface area (Å²) in [6.45, 7) is 6.77. The van der Waals surface area contributed by atoms with Crippen LogP contribution in [-0.2, 0) is 12.8 Å². The van der Waals surface area contributed by atoms with Crippen LogP contribution in [0.1, 0.15) is 54.9 Å². The predicted molar refractivity (Wildman–Crippen MR) is 92.5 cm³/mol. The molecular formula is C20H24S. The number of hydrogen-bond acceptors (Lipinski definition) is 1. The summed E-state index contributed by atoms with van der Waals surface area (Å²) in [5, 5.41) is 0. The maximum Gasteiger partial charge on any atom is 0.0160 e. The molecule has 0 N–H and O–H groups in total. The molecule has 1 aliphatic heterocycles. The van der Waals surface area contributed by atoms with Gasteiger partial charge < -0.3 is 0 Å². The van der Waals surface area contributed by atoms with E-state index in [9.17, 15) is 0 Å². The van der Waals surface area contributed by atoms with Crippen LogP contribution in [0.3, 0.4) is 0 Å². The third kappa shape index (κ3) is 3.03. The summed E-state index contributed by atoms with van der Waals surface area (Å²) in [7, 11) is 0. The van der Waals surface area contributed by atoms with Gasteiger partial charge in [-0.1, -0.05) is 56.3 Å². The average molecular weight is 296 g/mol. The molecule has 0 saturated carbocycles. The van der Waals surface area contributed by atoms with Crippen molar-refractivity contribution in [3.05, 3.63) is 58.7 Å². The van der Waals surface area contributed by atoms with Crippen LogP contribution in [0.5, 0.6) is 0 Å². The van der Waals surface area contributed by atoms with Crippen LogP contribution in [0.2, 0.25) is 0 Å². The third-order valence-corrected chi connectivity index (χ3v) is 5.64. The molecule has 0 aromatic heterocycles. The molecule has 1 unspecified atom stereocenters. The molecule has 0 saturated heterocycles. The lowest BCUT2D eigenvalue weighted by atomic mass is 9.89. The Hall–Kier alpha value is -1.21. The summed E-state index contributed by atoms with van der Waals surface area (Å²) in [5.74, 6) is 0.659. The van der Waals surface area contributed by atoms with Gasteiger partial charge in [0.25, 0.3) is 0 Å². The number of benzene rings is 2. The van der Waals surface area contributed by atoms with E-state index in [2.05, 4.69) is 57.2 Å². The Bertz CT molecular complexity index is 642. The Morgan fingerprint density at radius 1 is 1.05 bits per heavy atom. The molecule has 3 rings (SSSR count). The molecule has 1 heteroatoms. The minimum atomic E-state index is 0.659. The lowest BCUT2D eigenvalue weighted by molar-refractivity contribution is 0.647. The van der Waals surface area contributed by atoms with E-state index in [1.165, 1.54) is 46.6 Å². The first kappa shape index (κ1) is 14.7. The second-order valence-corrected chi connectivity index (χ2v) is 7.23. The van der Waals surface area contributed by atoms with Crippen molar-refractivity contribution in [3.63, 3.8) is 0 Å². The normalized spacial score (nSPS) is 17.0. The van der Waals surface area contributed by atoms with Gasteiger partial charge in [-0.05, 0) is 66.5 Å². The molecule has 2 aromatic carbocycles. The van der Waals surface area contributed by atoms with Gasteiger partial charge in [-0.15, -0.1) is 0 Å². The van der Waals surface area contributed by atoms with Crippen molar-refractivity contribution in [2.75, 3.05) is 0 Å². The molecule has 0 bridgehead atoms. The SMILES string of the molecule is CCCc1ccc2c(c1)CC(CC)c1ccc(C)cc1S2.